The van der Waals surface area contributed by atoms with Gasteiger partial charge in [0.15, 0.2) is 0 Å². The Hall–Kier alpha value is -1.69. The quantitative estimate of drug-likeness (QED) is 0.923. The molecule has 2 atom stereocenters. The predicted octanol–water partition coefficient (Wildman–Crippen LogP) is 2.57. The summed E-state index contributed by atoms with van der Waals surface area (Å²) in [5, 5.41) is 7.56. The molecule has 1 aromatic heterocycles. The summed E-state index contributed by atoms with van der Waals surface area (Å²) < 4.78 is 5.14. The normalized spacial score (nSPS) is 22.0. The van der Waals surface area contributed by atoms with E-state index >= 15 is 0 Å². The third-order valence-electron chi connectivity index (χ3n) is 3.69. The van der Waals surface area contributed by atoms with Crippen LogP contribution >= 0.6 is 11.3 Å². The highest BCUT2D eigenvalue weighted by Gasteiger charge is 2.40. The summed E-state index contributed by atoms with van der Waals surface area (Å²) in [6, 6.07) is 11.6. The van der Waals surface area contributed by atoms with E-state index in [1.54, 1.807) is 18.4 Å². The van der Waals surface area contributed by atoms with Crippen LogP contribution in [0.15, 0.2) is 47.2 Å². The molecule has 5 heteroatoms. The Kier molecular flexibility index (Phi) is 4.34. The summed E-state index contributed by atoms with van der Waals surface area (Å²) in [4.78, 5) is 14.6. The highest BCUT2D eigenvalue weighted by atomic mass is 32.1. The van der Waals surface area contributed by atoms with Gasteiger partial charge in [0.1, 0.15) is 12.2 Å². The van der Waals surface area contributed by atoms with Gasteiger partial charge in [0, 0.05) is 13.7 Å². The molecular formula is C16H18N2O2S. The summed E-state index contributed by atoms with van der Waals surface area (Å²) in [5.74, 6) is 0.106. The summed E-state index contributed by atoms with van der Waals surface area (Å²) in [7, 11) is 1.66. The number of rotatable bonds is 5. The van der Waals surface area contributed by atoms with Crippen LogP contribution in [0.2, 0.25) is 0 Å². The Balaban J connectivity index is 1.87. The number of methoxy groups -OCH3 is 1. The molecule has 1 amide bonds. The van der Waals surface area contributed by atoms with Crippen LogP contribution in [0.1, 0.15) is 23.3 Å². The Morgan fingerprint density at radius 2 is 2.05 bits per heavy atom. The van der Waals surface area contributed by atoms with Gasteiger partial charge >= 0.3 is 0 Å². The summed E-state index contributed by atoms with van der Waals surface area (Å²) in [5.41, 5.74) is 2.13. The van der Waals surface area contributed by atoms with Gasteiger partial charge in [0.25, 0.3) is 0 Å². The van der Waals surface area contributed by atoms with Crippen molar-refractivity contribution in [1.82, 2.24) is 10.2 Å². The number of carbonyl (C=O) groups excluding carboxylic acids is 1. The van der Waals surface area contributed by atoms with Gasteiger partial charge in [-0.2, -0.15) is 11.3 Å². The fraction of sp³-hybridized carbons (Fsp3) is 0.312. The number of carbonyl (C=O) groups is 1. The van der Waals surface area contributed by atoms with Crippen molar-refractivity contribution >= 4 is 17.2 Å². The van der Waals surface area contributed by atoms with Crippen LogP contribution in [-0.4, -0.2) is 31.1 Å². The van der Waals surface area contributed by atoms with Crippen molar-refractivity contribution in [2.75, 3.05) is 20.3 Å². The van der Waals surface area contributed by atoms with Crippen LogP contribution in [0.25, 0.3) is 0 Å². The first-order chi connectivity index (χ1) is 10.3. The number of benzene rings is 1. The van der Waals surface area contributed by atoms with E-state index in [9.17, 15) is 4.79 Å². The third-order valence-corrected chi connectivity index (χ3v) is 4.40. The molecule has 1 aliphatic heterocycles. The minimum Gasteiger partial charge on any atom is -0.383 e. The van der Waals surface area contributed by atoms with Crippen molar-refractivity contribution < 1.29 is 9.53 Å². The van der Waals surface area contributed by atoms with E-state index < -0.39 is 0 Å². The zero-order valence-corrected chi connectivity index (χ0v) is 12.7. The van der Waals surface area contributed by atoms with Crippen LogP contribution in [-0.2, 0) is 9.53 Å². The van der Waals surface area contributed by atoms with Crippen LogP contribution in [0, 0.1) is 0 Å². The van der Waals surface area contributed by atoms with Gasteiger partial charge in [0.2, 0.25) is 5.91 Å². The maximum atomic E-state index is 12.7. The maximum Gasteiger partial charge on any atom is 0.245 e. The fourth-order valence-corrected chi connectivity index (χ4v) is 3.31. The van der Waals surface area contributed by atoms with Gasteiger partial charge in [-0.05, 0) is 28.0 Å². The van der Waals surface area contributed by atoms with Gasteiger partial charge < -0.3 is 9.64 Å². The Bertz CT molecular complexity index is 586. The second kappa shape index (κ2) is 6.39. The molecule has 1 fully saturated rings. The van der Waals surface area contributed by atoms with Crippen molar-refractivity contribution in [3.63, 3.8) is 0 Å². The first-order valence-corrected chi connectivity index (χ1v) is 7.88. The largest absolute Gasteiger partial charge is 0.383 e. The zero-order chi connectivity index (χ0) is 14.7. The lowest BCUT2D eigenvalue weighted by Gasteiger charge is -2.23. The molecule has 2 heterocycles. The van der Waals surface area contributed by atoms with E-state index in [1.165, 1.54) is 0 Å². The van der Waals surface area contributed by atoms with Crippen LogP contribution in [0.5, 0.6) is 0 Å². The molecule has 1 aromatic carbocycles. The molecule has 0 radical (unpaired) electrons. The van der Waals surface area contributed by atoms with Crippen molar-refractivity contribution in [2.24, 2.45) is 0 Å². The number of nitrogens with zero attached hydrogens (tertiary/aromatic N) is 1. The van der Waals surface area contributed by atoms with E-state index in [2.05, 4.69) is 16.8 Å². The van der Waals surface area contributed by atoms with E-state index in [-0.39, 0.29) is 18.1 Å². The second-order valence-corrected chi connectivity index (χ2v) is 5.77. The summed E-state index contributed by atoms with van der Waals surface area (Å²) in [6.45, 7) is 1.13. The number of ether oxygens (including phenoxy) is 1. The standard InChI is InChI=1S/C16H18N2O2S/c1-20-9-8-18-15(13-7-10-21-11-13)17-14(16(18)19)12-5-3-2-4-6-12/h2-7,10-11,14-15,17H,8-9H2,1H3. The molecule has 0 aliphatic carbocycles. The second-order valence-electron chi connectivity index (χ2n) is 4.99. The van der Waals surface area contributed by atoms with Gasteiger partial charge in [-0.1, -0.05) is 30.3 Å². The molecule has 2 aromatic rings. The topological polar surface area (TPSA) is 41.6 Å². The molecule has 4 nitrogen and oxygen atoms in total. The Labute approximate surface area is 128 Å². The fourth-order valence-electron chi connectivity index (χ4n) is 2.63. The molecule has 1 aliphatic rings. The monoisotopic (exact) mass is 302 g/mol. The molecule has 0 spiro atoms. The maximum absolute atomic E-state index is 12.7. The average molecular weight is 302 g/mol. The smallest absolute Gasteiger partial charge is 0.245 e. The lowest BCUT2D eigenvalue weighted by atomic mass is 10.1. The van der Waals surface area contributed by atoms with Crippen molar-refractivity contribution in [3.8, 4) is 0 Å². The number of amides is 1. The molecule has 2 unspecified atom stereocenters. The molecule has 110 valence electrons. The zero-order valence-electron chi connectivity index (χ0n) is 11.9. The predicted molar refractivity (Wildman–Crippen MR) is 83.0 cm³/mol. The van der Waals surface area contributed by atoms with Crippen molar-refractivity contribution in [1.29, 1.82) is 0 Å². The SMILES string of the molecule is COCCN1C(=O)C(c2ccccc2)NC1c1ccsc1. The lowest BCUT2D eigenvalue weighted by Crippen LogP contribution is -2.33. The minimum absolute atomic E-state index is 0.0795. The van der Waals surface area contributed by atoms with Crippen LogP contribution in [0.4, 0.5) is 0 Å². The van der Waals surface area contributed by atoms with Crippen LogP contribution in [0.3, 0.4) is 0 Å². The number of nitrogens with one attached hydrogen (secondary N) is 1. The van der Waals surface area contributed by atoms with E-state index in [0.29, 0.717) is 13.2 Å². The average Bonchev–Trinajstić information content (AvgIpc) is 3.14. The number of hydrogen-bond acceptors (Lipinski definition) is 4. The molecule has 21 heavy (non-hydrogen) atoms. The van der Waals surface area contributed by atoms with Gasteiger partial charge in [-0.15, -0.1) is 0 Å². The summed E-state index contributed by atoms with van der Waals surface area (Å²) >= 11 is 1.64. The molecular weight excluding hydrogens is 284 g/mol. The van der Waals surface area contributed by atoms with Gasteiger partial charge in [-0.25, -0.2) is 0 Å². The first kappa shape index (κ1) is 14.3. The van der Waals surface area contributed by atoms with E-state index in [4.69, 9.17) is 4.74 Å². The first-order valence-electron chi connectivity index (χ1n) is 6.94. The highest BCUT2D eigenvalue weighted by molar-refractivity contribution is 7.07. The number of hydrogen-bond donors (Lipinski definition) is 1. The lowest BCUT2D eigenvalue weighted by molar-refractivity contribution is -0.130. The molecule has 3 rings (SSSR count). The summed E-state index contributed by atoms with van der Waals surface area (Å²) in [6.07, 6.45) is -0.0795. The van der Waals surface area contributed by atoms with E-state index in [0.717, 1.165) is 11.1 Å². The third kappa shape index (κ3) is 2.85. The van der Waals surface area contributed by atoms with Crippen molar-refractivity contribution in [2.45, 2.75) is 12.2 Å². The Morgan fingerprint density at radius 3 is 2.71 bits per heavy atom. The Morgan fingerprint density at radius 1 is 1.24 bits per heavy atom. The highest BCUT2D eigenvalue weighted by Crippen LogP contribution is 2.33. The molecule has 0 saturated carbocycles. The van der Waals surface area contributed by atoms with Gasteiger partial charge in [-0.3, -0.25) is 10.1 Å². The van der Waals surface area contributed by atoms with Crippen LogP contribution < -0.4 is 5.32 Å². The molecule has 1 saturated heterocycles. The number of thiophene rings is 1. The van der Waals surface area contributed by atoms with E-state index in [1.807, 2.05) is 40.6 Å². The molecule has 1 N–H and O–H groups in total. The van der Waals surface area contributed by atoms with Gasteiger partial charge in [0.05, 0.1) is 6.61 Å². The minimum atomic E-state index is -0.284. The van der Waals surface area contributed by atoms with Crippen molar-refractivity contribution in [3.05, 3.63) is 58.3 Å². The molecule has 0 bridgehead atoms.